The molecule has 2 N–H and O–H groups in total. The molecule has 1 heterocycles. The first-order valence-corrected chi connectivity index (χ1v) is 4.99. The Morgan fingerprint density at radius 3 is 3.13 bits per heavy atom. The quantitative estimate of drug-likeness (QED) is 0.750. The number of imidazole rings is 1. The fourth-order valence-corrected chi connectivity index (χ4v) is 1.48. The Morgan fingerprint density at radius 2 is 2.33 bits per heavy atom. The van der Waals surface area contributed by atoms with E-state index in [1.165, 1.54) is 5.56 Å². The lowest BCUT2D eigenvalue weighted by atomic mass is 10.2. The Morgan fingerprint density at radius 1 is 1.47 bits per heavy atom. The summed E-state index contributed by atoms with van der Waals surface area (Å²) in [5.41, 5.74) is 3.28. The normalized spacial score (nSPS) is 10.8. The van der Waals surface area contributed by atoms with Crippen LogP contribution < -0.4 is 5.32 Å². The molecule has 0 aliphatic heterocycles. The number of fused-ring (bicyclic) bond motifs is 1. The van der Waals surface area contributed by atoms with Crippen molar-refractivity contribution in [1.82, 2.24) is 9.97 Å². The number of H-pyrrole nitrogens is 1. The Kier molecular flexibility index (Phi) is 2.87. The Labute approximate surface area is 88.7 Å². The molecule has 0 saturated carbocycles. The fourth-order valence-electron chi connectivity index (χ4n) is 1.48. The van der Waals surface area contributed by atoms with Crippen LogP contribution in [0.15, 0.2) is 18.2 Å². The average molecular weight is 205 g/mol. The van der Waals surface area contributed by atoms with Gasteiger partial charge in [0.15, 0.2) is 0 Å². The average Bonchev–Trinajstić information content (AvgIpc) is 2.60. The summed E-state index contributed by atoms with van der Waals surface area (Å²) in [6, 6.07) is 6.16. The van der Waals surface area contributed by atoms with Crippen LogP contribution in [0.25, 0.3) is 11.0 Å². The van der Waals surface area contributed by atoms with E-state index in [2.05, 4.69) is 34.3 Å². The van der Waals surface area contributed by atoms with E-state index in [9.17, 15) is 0 Å². The molecule has 4 nitrogen and oxygen atoms in total. The molecule has 0 aliphatic carbocycles. The number of hydrogen-bond donors (Lipinski definition) is 2. The molecule has 0 amide bonds. The molecule has 80 valence electrons. The zero-order chi connectivity index (χ0) is 10.7. The number of benzene rings is 1. The Balaban J connectivity index is 2.16. The number of aryl methyl sites for hydroxylation is 1. The van der Waals surface area contributed by atoms with E-state index < -0.39 is 0 Å². The standard InChI is InChI=1S/C11H15N3O/c1-8-3-4-9-10(7-8)14-11(13-9)12-5-6-15-2/h3-4,7H,5-6H2,1-2H3,(H2,12,13,14). The molecule has 0 atom stereocenters. The van der Waals surface area contributed by atoms with Gasteiger partial charge in [-0.15, -0.1) is 0 Å². The molecule has 0 fully saturated rings. The van der Waals surface area contributed by atoms with Gasteiger partial charge in [0.2, 0.25) is 5.95 Å². The van der Waals surface area contributed by atoms with Crippen molar-refractivity contribution >= 4 is 17.0 Å². The summed E-state index contributed by atoms with van der Waals surface area (Å²) in [6.07, 6.45) is 0. The molecule has 2 aromatic rings. The number of ether oxygens (including phenoxy) is 1. The third-order valence-corrected chi connectivity index (χ3v) is 2.24. The van der Waals surface area contributed by atoms with E-state index >= 15 is 0 Å². The third-order valence-electron chi connectivity index (χ3n) is 2.24. The number of hydrogen-bond acceptors (Lipinski definition) is 3. The summed E-state index contributed by atoms with van der Waals surface area (Å²) in [5.74, 6) is 0.799. The van der Waals surface area contributed by atoms with Crippen LogP contribution >= 0.6 is 0 Å². The number of anilines is 1. The molecule has 0 aliphatic rings. The van der Waals surface area contributed by atoms with Crippen LogP contribution in [0.3, 0.4) is 0 Å². The maximum atomic E-state index is 4.95. The molecule has 0 bridgehead atoms. The molecule has 0 unspecified atom stereocenters. The van der Waals surface area contributed by atoms with Crippen LogP contribution in [-0.4, -0.2) is 30.2 Å². The van der Waals surface area contributed by atoms with E-state index in [-0.39, 0.29) is 0 Å². The molecule has 2 rings (SSSR count). The van der Waals surface area contributed by atoms with Gasteiger partial charge < -0.3 is 15.0 Å². The van der Waals surface area contributed by atoms with Crippen LogP contribution in [0.5, 0.6) is 0 Å². The number of methoxy groups -OCH3 is 1. The molecular formula is C11H15N3O. The van der Waals surface area contributed by atoms with Crippen molar-refractivity contribution in [3.63, 3.8) is 0 Å². The molecule has 0 spiro atoms. The van der Waals surface area contributed by atoms with Crippen molar-refractivity contribution < 1.29 is 4.74 Å². The van der Waals surface area contributed by atoms with E-state index in [0.29, 0.717) is 6.61 Å². The lowest BCUT2D eigenvalue weighted by Gasteiger charge is -1.99. The van der Waals surface area contributed by atoms with Crippen molar-refractivity contribution in [1.29, 1.82) is 0 Å². The minimum absolute atomic E-state index is 0.677. The highest BCUT2D eigenvalue weighted by molar-refractivity contribution is 5.78. The second-order valence-corrected chi connectivity index (χ2v) is 3.53. The first-order valence-electron chi connectivity index (χ1n) is 4.99. The van der Waals surface area contributed by atoms with Crippen molar-refractivity contribution in [2.75, 3.05) is 25.6 Å². The van der Waals surface area contributed by atoms with E-state index in [1.807, 2.05) is 6.07 Å². The zero-order valence-corrected chi connectivity index (χ0v) is 9.00. The first-order chi connectivity index (χ1) is 7.29. The van der Waals surface area contributed by atoms with Gasteiger partial charge in [-0.1, -0.05) is 6.07 Å². The van der Waals surface area contributed by atoms with E-state index in [1.54, 1.807) is 7.11 Å². The lowest BCUT2D eigenvalue weighted by Crippen LogP contribution is -2.08. The van der Waals surface area contributed by atoms with Gasteiger partial charge in [0, 0.05) is 13.7 Å². The zero-order valence-electron chi connectivity index (χ0n) is 9.00. The predicted molar refractivity (Wildman–Crippen MR) is 61.2 cm³/mol. The summed E-state index contributed by atoms with van der Waals surface area (Å²) >= 11 is 0. The van der Waals surface area contributed by atoms with Gasteiger partial charge in [-0.25, -0.2) is 4.98 Å². The van der Waals surface area contributed by atoms with E-state index in [0.717, 1.165) is 23.5 Å². The highest BCUT2D eigenvalue weighted by Crippen LogP contribution is 2.15. The summed E-state index contributed by atoms with van der Waals surface area (Å²) in [7, 11) is 1.68. The van der Waals surface area contributed by atoms with Crippen LogP contribution in [0.1, 0.15) is 5.56 Å². The van der Waals surface area contributed by atoms with Crippen molar-refractivity contribution in [3.8, 4) is 0 Å². The van der Waals surface area contributed by atoms with Gasteiger partial charge in [-0.3, -0.25) is 0 Å². The second-order valence-electron chi connectivity index (χ2n) is 3.53. The third kappa shape index (κ3) is 2.27. The van der Waals surface area contributed by atoms with Gasteiger partial charge in [0.1, 0.15) is 0 Å². The number of rotatable bonds is 4. The smallest absolute Gasteiger partial charge is 0.201 e. The molecule has 0 radical (unpaired) electrons. The molecular weight excluding hydrogens is 190 g/mol. The van der Waals surface area contributed by atoms with Crippen LogP contribution in [0, 0.1) is 6.92 Å². The first kappa shape index (κ1) is 9.98. The summed E-state index contributed by atoms with van der Waals surface area (Å²) in [5, 5.41) is 3.16. The Bertz CT molecular complexity index is 450. The van der Waals surface area contributed by atoms with E-state index in [4.69, 9.17) is 4.74 Å². The Hall–Kier alpha value is -1.55. The van der Waals surface area contributed by atoms with Crippen LogP contribution in [0.2, 0.25) is 0 Å². The highest BCUT2D eigenvalue weighted by Gasteiger charge is 2.01. The van der Waals surface area contributed by atoms with Crippen molar-refractivity contribution in [2.24, 2.45) is 0 Å². The SMILES string of the molecule is COCCNc1nc2ccc(C)cc2[nH]1. The van der Waals surface area contributed by atoms with Crippen molar-refractivity contribution in [3.05, 3.63) is 23.8 Å². The molecule has 0 saturated heterocycles. The maximum absolute atomic E-state index is 4.95. The predicted octanol–water partition coefficient (Wildman–Crippen LogP) is 1.93. The van der Waals surface area contributed by atoms with Gasteiger partial charge in [0.05, 0.1) is 17.6 Å². The summed E-state index contributed by atoms with van der Waals surface area (Å²) in [6.45, 7) is 3.50. The number of aromatic nitrogens is 2. The molecule has 15 heavy (non-hydrogen) atoms. The number of nitrogens with one attached hydrogen (secondary N) is 2. The van der Waals surface area contributed by atoms with Gasteiger partial charge >= 0.3 is 0 Å². The fraction of sp³-hybridized carbons (Fsp3) is 0.364. The molecule has 1 aromatic heterocycles. The monoisotopic (exact) mass is 205 g/mol. The van der Waals surface area contributed by atoms with Gasteiger partial charge in [-0.05, 0) is 24.6 Å². The van der Waals surface area contributed by atoms with Gasteiger partial charge in [-0.2, -0.15) is 0 Å². The summed E-state index contributed by atoms with van der Waals surface area (Å²) < 4.78 is 4.95. The topological polar surface area (TPSA) is 49.9 Å². The van der Waals surface area contributed by atoms with Crippen molar-refractivity contribution in [2.45, 2.75) is 6.92 Å². The largest absolute Gasteiger partial charge is 0.383 e. The summed E-state index contributed by atoms with van der Waals surface area (Å²) in [4.78, 5) is 7.62. The highest BCUT2D eigenvalue weighted by atomic mass is 16.5. The van der Waals surface area contributed by atoms with Crippen LogP contribution in [0.4, 0.5) is 5.95 Å². The number of nitrogens with zero attached hydrogens (tertiary/aromatic N) is 1. The van der Waals surface area contributed by atoms with Gasteiger partial charge in [0.25, 0.3) is 0 Å². The van der Waals surface area contributed by atoms with Crippen LogP contribution in [-0.2, 0) is 4.74 Å². The molecule has 1 aromatic carbocycles. The lowest BCUT2D eigenvalue weighted by molar-refractivity contribution is 0.210. The minimum Gasteiger partial charge on any atom is -0.383 e. The number of aromatic amines is 1. The molecule has 4 heteroatoms. The second kappa shape index (κ2) is 4.31. The maximum Gasteiger partial charge on any atom is 0.201 e. The minimum atomic E-state index is 0.677.